The lowest BCUT2D eigenvalue weighted by atomic mass is 10.4. The fourth-order valence-corrected chi connectivity index (χ4v) is 0.905. The summed E-state index contributed by atoms with van der Waals surface area (Å²) in [4.78, 5) is 10.8. The SMILES string of the molecule is C/C=C/C(=O)N[C@@H]1C[C@H]1C. The van der Waals surface area contributed by atoms with Gasteiger partial charge in [-0.15, -0.1) is 0 Å². The standard InChI is InChI=1S/C8H13NO/c1-3-4-8(10)9-7-5-6(7)2/h3-4,6-7H,5H2,1-2H3,(H,9,10)/b4-3+/t6-,7-/m1/s1. The molecular weight excluding hydrogens is 126 g/mol. The minimum atomic E-state index is 0.0388. The molecule has 0 bridgehead atoms. The van der Waals surface area contributed by atoms with E-state index in [9.17, 15) is 4.79 Å². The molecule has 0 spiro atoms. The Balaban J connectivity index is 2.19. The Hall–Kier alpha value is -0.790. The van der Waals surface area contributed by atoms with Gasteiger partial charge in [-0.05, 0) is 25.3 Å². The second kappa shape index (κ2) is 2.86. The molecule has 1 aliphatic carbocycles. The Morgan fingerprint density at radius 1 is 1.70 bits per heavy atom. The molecule has 2 heteroatoms. The first-order chi connectivity index (χ1) is 4.74. The number of hydrogen-bond donors (Lipinski definition) is 1. The third kappa shape index (κ3) is 1.87. The van der Waals surface area contributed by atoms with Crippen LogP contribution in [0.25, 0.3) is 0 Å². The van der Waals surface area contributed by atoms with Crippen molar-refractivity contribution in [3.63, 3.8) is 0 Å². The first-order valence-corrected chi connectivity index (χ1v) is 3.67. The third-order valence-corrected chi connectivity index (χ3v) is 1.76. The predicted molar refractivity (Wildman–Crippen MR) is 40.5 cm³/mol. The monoisotopic (exact) mass is 139 g/mol. The van der Waals surface area contributed by atoms with Gasteiger partial charge in [-0.2, -0.15) is 0 Å². The summed E-state index contributed by atoms with van der Waals surface area (Å²) in [6.45, 7) is 3.98. The van der Waals surface area contributed by atoms with Gasteiger partial charge in [0.1, 0.15) is 0 Å². The first-order valence-electron chi connectivity index (χ1n) is 3.67. The van der Waals surface area contributed by atoms with Gasteiger partial charge in [-0.25, -0.2) is 0 Å². The zero-order valence-corrected chi connectivity index (χ0v) is 6.42. The Morgan fingerprint density at radius 3 is 2.70 bits per heavy atom. The quantitative estimate of drug-likeness (QED) is 0.570. The van der Waals surface area contributed by atoms with Gasteiger partial charge in [-0.1, -0.05) is 13.0 Å². The maximum Gasteiger partial charge on any atom is 0.243 e. The lowest BCUT2D eigenvalue weighted by molar-refractivity contribution is -0.116. The highest BCUT2D eigenvalue weighted by atomic mass is 16.1. The van der Waals surface area contributed by atoms with Gasteiger partial charge in [-0.3, -0.25) is 4.79 Å². The van der Waals surface area contributed by atoms with E-state index in [1.165, 1.54) is 0 Å². The smallest absolute Gasteiger partial charge is 0.243 e. The molecular formula is C8H13NO. The van der Waals surface area contributed by atoms with E-state index in [1.807, 2.05) is 6.92 Å². The lowest BCUT2D eigenvalue weighted by Gasteiger charge is -1.96. The normalized spacial score (nSPS) is 30.6. The Bertz CT molecular complexity index is 163. The summed E-state index contributed by atoms with van der Waals surface area (Å²) in [6.07, 6.45) is 4.46. The van der Waals surface area contributed by atoms with Crippen molar-refractivity contribution in [2.75, 3.05) is 0 Å². The maximum atomic E-state index is 10.8. The molecule has 1 saturated carbocycles. The highest BCUT2D eigenvalue weighted by molar-refractivity contribution is 5.87. The van der Waals surface area contributed by atoms with Gasteiger partial charge in [0.25, 0.3) is 0 Å². The Kier molecular flexibility index (Phi) is 2.10. The number of carbonyl (C=O) groups excluding carboxylic acids is 1. The van der Waals surface area contributed by atoms with Gasteiger partial charge in [0.15, 0.2) is 0 Å². The molecule has 0 aliphatic heterocycles. The summed E-state index contributed by atoms with van der Waals surface area (Å²) >= 11 is 0. The van der Waals surface area contributed by atoms with Crippen LogP contribution in [0.15, 0.2) is 12.2 Å². The second-order valence-corrected chi connectivity index (χ2v) is 2.83. The number of rotatable bonds is 2. The van der Waals surface area contributed by atoms with E-state index in [4.69, 9.17) is 0 Å². The van der Waals surface area contributed by atoms with E-state index in [0.29, 0.717) is 12.0 Å². The van der Waals surface area contributed by atoms with Crippen LogP contribution in [0.3, 0.4) is 0 Å². The summed E-state index contributed by atoms with van der Waals surface area (Å²) in [6, 6.07) is 0.448. The summed E-state index contributed by atoms with van der Waals surface area (Å²) < 4.78 is 0. The molecule has 0 unspecified atom stereocenters. The van der Waals surface area contributed by atoms with Crippen molar-refractivity contribution in [1.82, 2.24) is 5.32 Å². The number of nitrogens with one attached hydrogen (secondary N) is 1. The van der Waals surface area contributed by atoms with E-state index in [0.717, 1.165) is 6.42 Å². The molecule has 0 saturated heterocycles. The van der Waals surface area contributed by atoms with Gasteiger partial charge in [0.2, 0.25) is 5.91 Å². The molecule has 1 aliphatic rings. The van der Waals surface area contributed by atoms with Crippen LogP contribution in [0.4, 0.5) is 0 Å². The van der Waals surface area contributed by atoms with Crippen LogP contribution in [-0.2, 0) is 4.79 Å². The van der Waals surface area contributed by atoms with Crippen molar-refractivity contribution in [2.45, 2.75) is 26.3 Å². The van der Waals surface area contributed by atoms with Crippen LogP contribution >= 0.6 is 0 Å². The Morgan fingerprint density at radius 2 is 2.30 bits per heavy atom. The predicted octanol–water partition coefficient (Wildman–Crippen LogP) is 1.09. The molecule has 0 aromatic rings. The van der Waals surface area contributed by atoms with Crippen LogP contribution < -0.4 is 5.32 Å². The summed E-state index contributed by atoms with van der Waals surface area (Å²) in [5, 5.41) is 2.88. The highest BCUT2D eigenvalue weighted by Crippen LogP contribution is 2.28. The summed E-state index contributed by atoms with van der Waals surface area (Å²) in [5.74, 6) is 0.728. The van der Waals surface area contributed by atoms with E-state index >= 15 is 0 Å². The molecule has 1 amide bonds. The second-order valence-electron chi connectivity index (χ2n) is 2.83. The summed E-state index contributed by atoms with van der Waals surface area (Å²) in [5.41, 5.74) is 0. The molecule has 0 heterocycles. The van der Waals surface area contributed by atoms with E-state index in [-0.39, 0.29) is 5.91 Å². The van der Waals surface area contributed by atoms with Crippen LogP contribution in [0.2, 0.25) is 0 Å². The van der Waals surface area contributed by atoms with Crippen molar-refractivity contribution in [1.29, 1.82) is 0 Å². The number of hydrogen-bond acceptors (Lipinski definition) is 1. The molecule has 10 heavy (non-hydrogen) atoms. The van der Waals surface area contributed by atoms with E-state index < -0.39 is 0 Å². The minimum absolute atomic E-state index is 0.0388. The van der Waals surface area contributed by atoms with Gasteiger partial charge in [0, 0.05) is 6.04 Å². The first kappa shape index (κ1) is 7.32. The van der Waals surface area contributed by atoms with E-state index in [1.54, 1.807) is 12.2 Å². The number of amides is 1. The average molecular weight is 139 g/mol. The highest BCUT2D eigenvalue weighted by Gasteiger charge is 2.33. The zero-order valence-electron chi connectivity index (χ0n) is 6.42. The van der Waals surface area contributed by atoms with Crippen LogP contribution in [0.5, 0.6) is 0 Å². The van der Waals surface area contributed by atoms with Crippen molar-refractivity contribution in [3.05, 3.63) is 12.2 Å². The maximum absolute atomic E-state index is 10.8. The number of allylic oxidation sites excluding steroid dienone is 1. The van der Waals surface area contributed by atoms with Crippen LogP contribution in [0, 0.1) is 5.92 Å². The fraction of sp³-hybridized carbons (Fsp3) is 0.625. The molecule has 0 radical (unpaired) electrons. The summed E-state index contributed by atoms with van der Waals surface area (Å²) in [7, 11) is 0. The largest absolute Gasteiger partial charge is 0.350 e. The Labute approximate surface area is 61.3 Å². The van der Waals surface area contributed by atoms with Gasteiger partial charge in [0.05, 0.1) is 0 Å². The molecule has 56 valence electrons. The fourth-order valence-electron chi connectivity index (χ4n) is 0.905. The van der Waals surface area contributed by atoms with Crippen molar-refractivity contribution < 1.29 is 4.79 Å². The zero-order chi connectivity index (χ0) is 7.56. The molecule has 0 aromatic heterocycles. The van der Waals surface area contributed by atoms with Crippen molar-refractivity contribution >= 4 is 5.91 Å². The number of carbonyl (C=O) groups is 1. The molecule has 0 aromatic carbocycles. The van der Waals surface area contributed by atoms with Crippen molar-refractivity contribution in [2.24, 2.45) is 5.92 Å². The van der Waals surface area contributed by atoms with Gasteiger partial charge >= 0.3 is 0 Å². The molecule has 1 fully saturated rings. The van der Waals surface area contributed by atoms with Gasteiger partial charge < -0.3 is 5.32 Å². The molecule has 1 N–H and O–H groups in total. The topological polar surface area (TPSA) is 29.1 Å². The average Bonchev–Trinajstić information content (AvgIpc) is 2.47. The van der Waals surface area contributed by atoms with Crippen LogP contribution in [-0.4, -0.2) is 11.9 Å². The minimum Gasteiger partial charge on any atom is -0.350 e. The molecule has 2 atom stereocenters. The molecule has 1 rings (SSSR count). The van der Waals surface area contributed by atoms with Crippen molar-refractivity contribution in [3.8, 4) is 0 Å². The van der Waals surface area contributed by atoms with Crippen LogP contribution in [0.1, 0.15) is 20.3 Å². The lowest BCUT2D eigenvalue weighted by Crippen LogP contribution is -2.24. The van der Waals surface area contributed by atoms with E-state index in [2.05, 4.69) is 12.2 Å². The molecule has 2 nitrogen and oxygen atoms in total. The third-order valence-electron chi connectivity index (χ3n) is 1.76.